The number of fused-ring (bicyclic) bond motifs is 3. The summed E-state index contributed by atoms with van der Waals surface area (Å²) in [4.78, 5) is 15.8. The first kappa shape index (κ1) is 24.9. The molecule has 0 unspecified atom stereocenters. The third-order valence-corrected chi connectivity index (χ3v) is 7.42. The lowest BCUT2D eigenvalue weighted by atomic mass is 10.0. The Morgan fingerprint density at radius 3 is 2.54 bits per heavy atom. The van der Waals surface area contributed by atoms with Gasteiger partial charge in [0.2, 0.25) is 0 Å². The molecule has 0 bridgehead atoms. The average Bonchev–Trinajstić information content (AvgIpc) is 3.53. The zero-order valence-electron chi connectivity index (χ0n) is 21.6. The molecule has 2 aromatic heterocycles. The lowest BCUT2D eigenvalue weighted by Gasteiger charge is -2.31. The highest BCUT2D eigenvalue weighted by molar-refractivity contribution is 6.31. The Kier molecular flexibility index (Phi) is 6.45. The molecule has 5 aromatic rings. The van der Waals surface area contributed by atoms with E-state index in [1.165, 1.54) is 18.2 Å². The summed E-state index contributed by atoms with van der Waals surface area (Å²) in [6.07, 6.45) is 2.73. The van der Waals surface area contributed by atoms with Crippen LogP contribution in [0.25, 0.3) is 11.5 Å². The van der Waals surface area contributed by atoms with E-state index in [-0.39, 0.29) is 11.1 Å². The van der Waals surface area contributed by atoms with Crippen molar-refractivity contribution in [3.63, 3.8) is 0 Å². The fraction of sp³-hybridized carbons (Fsp3) is 0.161. The minimum atomic E-state index is -0.537. The minimum absolute atomic E-state index is 0.0488. The number of amides is 2. The largest absolute Gasteiger partial charge is 0.322 e. The molecule has 0 fully saturated rings. The van der Waals surface area contributed by atoms with Crippen molar-refractivity contribution in [3.8, 4) is 11.5 Å². The zero-order chi connectivity index (χ0) is 27.1. The van der Waals surface area contributed by atoms with E-state index in [1.54, 1.807) is 0 Å². The number of nitrogens with one attached hydrogen (secondary N) is 1. The number of hydrogen-bond acceptors (Lipinski definition) is 2. The van der Waals surface area contributed by atoms with Crippen LogP contribution in [-0.4, -0.2) is 25.3 Å². The molecule has 0 spiro atoms. The maximum absolute atomic E-state index is 14.0. The molecule has 196 valence electrons. The van der Waals surface area contributed by atoms with Gasteiger partial charge in [0, 0.05) is 17.4 Å². The van der Waals surface area contributed by atoms with Gasteiger partial charge in [0.25, 0.3) is 0 Å². The molecule has 3 aromatic carbocycles. The third-order valence-electron chi connectivity index (χ3n) is 7.13. The first-order valence-electron chi connectivity index (χ1n) is 12.9. The third kappa shape index (κ3) is 4.49. The first-order chi connectivity index (χ1) is 18.9. The molecule has 1 atom stereocenters. The summed E-state index contributed by atoms with van der Waals surface area (Å²) >= 11 is 6.01. The Labute approximate surface area is 231 Å². The SMILES string of the molecule is CCc1nn(-c2ccccc2)c2c1CN(C(=O)Nc1ccc(F)c(Cl)c1)[C@H](c1ccc(C)cc1)c1cccn1-2. The van der Waals surface area contributed by atoms with E-state index >= 15 is 0 Å². The number of para-hydroxylation sites is 1. The number of benzene rings is 3. The zero-order valence-corrected chi connectivity index (χ0v) is 22.4. The molecule has 6 rings (SSSR count). The van der Waals surface area contributed by atoms with Gasteiger partial charge in [-0.1, -0.05) is 66.6 Å². The van der Waals surface area contributed by atoms with Crippen molar-refractivity contribution in [1.82, 2.24) is 19.2 Å². The van der Waals surface area contributed by atoms with Gasteiger partial charge in [-0.25, -0.2) is 13.9 Å². The number of aryl methyl sites for hydroxylation is 2. The van der Waals surface area contributed by atoms with Gasteiger partial charge < -0.3 is 14.8 Å². The van der Waals surface area contributed by atoms with Crippen LogP contribution in [0.3, 0.4) is 0 Å². The maximum Gasteiger partial charge on any atom is 0.322 e. The Bertz CT molecular complexity index is 1660. The van der Waals surface area contributed by atoms with E-state index in [0.29, 0.717) is 18.7 Å². The molecule has 0 aliphatic carbocycles. The van der Waals surface area contributed by atoms with E-state index in [1.807, 2.05) is 65.2 Å². The van der Waals surface area contributed by atoms with Crippen molar-refractivity contribution in [2.45, 2.75) is 32.9 Å². The molecule has 1 N–H and O–H groups in total. The second kappa shape index (κ2) is 10.1. The number of hydrogen-bond donors (Lipinski definition) is 1. The molecule has 3 heterocycles. The van der Waals surface area contributed by atoms with Crippen molar-refractivity contribution in [2.24, 2.45) is 0 Å². The van der Waals surface area contributed by atoms with Crippen molar-refractivity contribution in [2.75, 3.05) is 5.32 Å². The molecule has 0 saturated carbocycles. The highest BCUT2D eigenvalue weighted by Crippen LogP contribution is 2.39. The highest BCUT2D eigenvalue weighted by Gasteiger charge is 2.36. The van der Waals surface area contributed by atoms with Gasteiger partial charge in [-0.3, -0.25) is 0 Å². The number of carbonyl (C=O) groups is 1. The van der Waals surface area contributed by atoms with Crippen molar-refractivity contribution in [3.05, 3.63) is 130 Å². The van der Waals surface area contributed by atoms with E-state index in [4.69, 9.17) is 16.7 Å². The average molecular weight is 540 g/mol. The van der Waals surface area contributed by atoms with Crippen molar-refractivity contribution >= 4 is 23.3 Å². The molecule has 0 radical (unpaired) electrons. The fourth-order valence-electron chi connectivity index (χ4n) is 5.22. The number of carbonyl (C=O) groups excluding carboxylic acids is 1. The van der Waals surface area contributed by atoms with Crippen molar-refractivity contribution in [1.29, 1.82) is 0 Å². The number of rotatable bonds is 4. The maximum atomic E-state index is 14.0. The fourth-order valence-corrected chi connectivity index (χ4v) is 5.40. The van der Waals surface area contributed by atoms with E-state index < -0.39 is 11.9 Å². The van der Waals surface area contributed by atoms with Gasteiger partial charge in [-0.2, -0.15) is 5.10 Å². The van der Waals surface area contributed by atoms with Crippen LogP contribution in [-0.2, 0) is 13.0 Å². The Morgan fingerprint density at radius 1 is 1.05 bits per heavy atom. The lowest BCUT2D eigenvalue weighted by Crippen LogP contribution is -2.38. The predicted octanol–water partition coefficient (Wildman–Crippen LogP) is 7.46. The summed E-state index contributed by atoms with van der Waals surface area (Å²) in [7, 11) is 0. The van der Waals surface area contributed by atoms with Crippen LogP contribution in [0.1, 0.15) is 41.0 Å². The summed E-state index contributed by atoms with van der Waals surface area (Å²) < 4.78 is 17.9. The van der Waals surface area contributed by atoms with E-state index in [2.05, 4.69) is 41.1 Å². The lowest BCUT2D eigenvalue weighted by molar-refractivity contribution is 0.194. The Hall–Kier alpha value is -4.36. The molecule has 0 saturated heterocycles. The Morgan fingerprint density at radius 2 is 1.82 bits per heavy atom. The molecule has 1 aliphatic rings. The van der Waals surface area contributed by atoms with Crippen LogP contribution in [0.15, 0.2) is 91.1 Å². The molecular weight excluding hydrogens is 513 g/mol. The summed E-state index contributed by atoms with van der Waals surface area (Å²) in [5.41, 5.74) is 6.31. The van der Waals surface area contributed by atoms with Crippen LogP contribution in [0, 0.1) is 12.7 Å². The monoisotopic (exact) mass is 539 g/mol. The molecular formula is C31H27ClFN5O. The first-order valence-corrected chi connectivity index (χ1v) is 13.3. The van der Waals surface area contributed by atoms with Crippen LogP contribution in [0.4, 0.5) is 14.9 Å². The van der Waals surface area contributed by atoms with Gasteiger partial charge >= 0.3 is 6.03 Å². The number of aromatic nitrogens is 3. The van der Waals surface area contributed by atoms with Crippen LogP contribution in [0.5, 0.6) is 0 Å². The number of anilines is 1. The summed E-state index contributed by atoms with van der Waals surface area (Å²) in [6.45, 7) is 4.44. The van der Waals surface area contributed by atoms with E-state index in [9.17, 15) is 9.18 Å². The van der Waals surface area contributed by atoms with E-state index in [0.717, 1.165) is 39.6 Å². The highest BCUT2D eigenvalue weighted by atomic mass is 35.5. The van der Waals surface area contributed by atoms with Crippen LogP contribution >= 0.6 is 11.6 Å². The second-order valence-corrected chi connectivity index (χ2v) is 10.1. The Balaban J connectivity index is 1.54. The van der Waals surface area contributed by atoms with Gasteiger partial charge in [0.1, 0.15) is 11.6 Å². The van der Waals surface area contributed by atoms with Gasteiger partial charge in [-0.05, 0) is 61.4 Å². The van der Waals surface area contributed by atoms with Crippen molar-refractivity contribution < 1.29 is 9.18 Å². The number of nitrogens with zero attached hydrogens (tertiary/aromatic N) is 4. The summed E-state index contributed by atoms with van der Waals surface area (Å²) in [6, 6.07) is 25.8. The normalized spacial score (nSPS) is 14.5. The molecule has 2 amide bonds. The topological polar surface area (TPSA) is 55.1 Å². The molecule has 39 heavy (non-hydrogen) atoms. The standard InChI is InChI=1S/C31H27ClFN5O/c1-3-27-24-19-37(31(39)34-22-15-16-26(33)25(32)18-22)29(21-13-11-20(2)12-14-21)28-10-7-17-36(28)30(24)38(35-27)23-8-5-4-6-9-23/h4-18,29H,3,19H2,1-2H3,(H,34,39)/t29-/m1/s1. The summed E-state index contributed by atoms with van der Waals surface area (Å²) in [5, 5.41) is 7.89. The minimum Gasteiger partial charge on any atom is -0.308 e. The second-order valence-electron chi connectivity index (χ2n) is 9.65. The number of halogens is 2. The summed E-state index contributed by atoms with van der Waals surface area (Å²) in [5.74, 6) is 0.376. The quantitative estimate of drug-likeness (QED) is 0.258. The van der Waals surface area contributed by atoms with Crippen LogP contribution < -0.4 is 5.32 Å². The van der Waals surface area contributed by atoms with Gasteiger partial charge in [0.15, 0.2) is 0 Å². The predicted molar refractivity (Wildman–Crippen MR) is 151 cm³/mol. The number of urea groups is 1. The molecule has 6 nitrogen and oxygen atoms in total. The van der Waals surface area contributed by atoms with Crippen LogP contribution in [0.2, 0.25) is 5.02 Å². The van der Waals surface area contributed by atoms with Gasteiger partial charge in [0.05, 0.1) is 34.7 Å². The molecule has 1 aliphatic heterocycles. The smallest absolute Gasteiger partial charge is 0.308 e. The van der Waals surface area contributed by atoms with Gasteiger partial charge in [-0.15, -0.1) is 0 Å². The molecule has 8 heteroatoms.